The van der Waals surface area contributed by atoms with Crippen molar-refractivity contribution in [3.8, 4) is 11.3 Å². The Kier molecular flexibility index (Phi) is 4.56. The van der Waals surface area contributed by atoms with E-state index in [9.17, 15) is 4.79 Å². The van der Waals surface area contributed by atoms with Crippen LogP contribution >= 0.6 is 22.9 Å². The molecule has 4 aromatic rings. The van der Waals surface area contributed by atoms with Gasteiger partial charge >= 0.3 is 0 Å². The number of carbonyl (C=O) groups excluding carboxylic acids is 1. The van der Waals surface area contributed by atoms with Crippen LogP contribution in [0.4, 0.5) is 11.4 Å². The zero-order valence-corrected chi connectivity index (χ0v) is 16.1. The average Bonchev–Trinajstić information content (AvgIpc) is 2.99. The minimum Gasteiger partial charge on any atom is -0.397 e. The molecule has 0 radical (unpaired) electrons. The second-order valence-corrected chi connectivity index (χ2v) is 7.66. The van der Waals surface area contributed by atoms with Gasteiger partial charge < -0.3 is 11.1 Å². The summed E-state index contributed by atoms with van der Waals surface area (Å²) >= 11 is 7.24. The number of amides is 1. The molecule has 2 heterocycles. The van der Waals surface area contributed by atoms with Gasteiger partial charge in [0.05, 0.1) is 11.4 Å². The standard InChI is InChI=1S/C21H16ClN3OS/c1-12-3-2-4-15(11-12)24-20(26)19-18(23)16-9-10-17(25-21(16)27-19)13-5-7-14(22)8-6-13/h2-11H,23H2,1H3,(H,24,26). The number of fused-ring (bicyclic) bond motifs is 1. The number of aromatic nitrogens is 1. The molecule has 0 atom stereocenters. The highest BCUT2D eigenvalue weighted by Crippen LogP contribution is 2.34. The second-order valence-electron chi connectivity index (χ2n) is 6.22. The van der Waals surface area contributed by atoms with Crippen LogP contribution in [0.2, 0.25) is 5.02 Å². The molecular formula is C21H16ClN3OS. The van der Waals surface area contributed by atoms with Crippen molar-refractivity contribution in [3.05, 3.63) is 76.1 Å². The van der Waals surface area contributed by atoms with Crippen molar-refractivity contribution < 1.29 is 4.79 Å². The molecule has 0 bridgehead atoms. The van der Waals surface area contributed by atoms with Crippen molar-refractivity contribution in [1.82, 2.24) is 4.98 Å². The first-order valence-electron chi connectivity index (χ1n) is 8.34. The Balaban J connectivity index is 1.68. The summed E-state index contributed by atoms with van der Waals surface area (Å²) in [6.07, 6.45) is 0. The van der Waals surface area contributed by atoms with E-state index in [-0.39, 0.29) is 5.91 Å². The summed E-state index contributed by atoms with van der Waals surface area (Å²) in [7, 11) is 0. The molecule has 1 amide bonds. The minimum absolute atomic E-state index is 0.228. The summed E-state index contributed by atoms with van der Waals surface area (Å²) in [5, 5.41) is 4.36. The monoisotopic (exact) mass is 393 g/mol. The fourth-order valence-electron chi connectivity index (χ4n) is 2.86. The number of halogens is 1. The number of carbonyl (C=O) groups is 1. The van der Waals surface area contributed by atoms with E-state index in [2.05, 4.69) is 10.3 Å². The van der Waals surface area contributed by atoms with E-state index < -0.39 is 0 Å². The van der Waals surface area contributed by atoms with E-state index in [4.69, 9.17) is 17.3 Å². The molecule has 0 spiro atoms. The topological polar surface area (TPSA) is 68.0 Å². The number of rotatable bonds is 3. The Bertz CT molecular complexity index is 1150. The van der Waals surface area contributed by atoms with Gasteiger partial charge in [0, 0.05) is 21.7 Å². The van der Waals surface area contributed by atoms with Gasteiger partial charge in [-0.1, -0.05) is 35.9 Å². The number of aryl methyl sites for hydroxylation is 1. The number of nitrogens with one attached hydrogen (secondary N) is 1. The van der Waals surface area contributed by atoms with Crippen LogP contribution in [0.1, 0.15) is 15.2 Å². The minimum atomic E-state index is -0.228. The van der Waals surface area contributed by atoms with Gasteiger partial charge in [-0.25, -0.2) is 4.98 Å². The molecule has 0 aliphatic heterocycles. The smallest absolute Gasteiger partial charge is 0.267 e. The third-order valence-electron chi connectivity index (χ3n) is 4.22. The molecule has 134 valence electrons. The number of benzene rings is 2. The number of anilines is 2. The van der Waals surface area contributed by atoms with Crippen LogP contribution in [-0.4, -0.2) is 10.9 Å². The molecule has 4 rings (SSSR count). The fourth-order valence-corrected chi connectivity index (χ4v) is 3.97. The average molecular weight is 394 g/mol. The van der Waals surface area contributed by atoms with Crippen LogP contribution in [-0.2, 0) is 0 Å². The van der Waals surface area contributed by atoms with Crippen molar-refractivity contribution in [3.63, 3.8) is 0 Å². The zero-order chi connectivity index (χ0) is 19.0. The van der Waals surface area contributed by atoms with Gasteiger partial charge in [-0.05, 0) is 48.9 Å². The van der Waals surface area contributed by atoms with Crippen molar-refractivity contribution in [1.29, 1.82) is 0 Å². The van der Waals surface area contributed by atoms with Crippen molar-refractivity contribution in [2.75, 3.05) is 11.1 Å². The molecule has 2 aromatic heterocycles. The zero-order valence-electron chi connectivity index (χ0n) is 14.5. The van der Waals surface area contributed by atoms with Gasteiger partial charge in [-0.15, -0.1) is 11.3 Å². The number of pyridine rings is 1. The Morgan fingerprint density at radius 1 is 1.11 bits per heavy atom. The van der Waals surface area contributed by atoms with E-state index in [1.165, 1.54) is 11.3 Å². The Morgan fingerprint density at radius 3 is 2.63 bits per heavy atom. The van der Waals surface area contributed by atoms with Gasteiger partial charge in [-0.2, -0.15) is 0 Å². The quantitative estimate of drug-likeness (QED) is 0.465. The summed E-state index contributed by atoms with van der Waals surface area (Å²) < 4.78 is 0. The molecule has 0 aliphatic carbocycles. The van der Waals surface area contributed by atoms with E-state index in [0.29, 0.717) is 15.6 Å². The highest BCUT2D eigenvalue weighted by atomic mass is 35.5. The van der Waals surface area contributed by atoms with Crippen molar-refractivity contribution in [2.24, 2.45) is 0 Å². The number of nitrogens with two attached hydrogens (primary N) is 1. The van der Waals surface area contributed by atoms with E-state index >= 15 is 0 Å². The lowest BCUT2D eigenvalue weighted by Gasteiger charge is -2.05. The van der Waals surface area contributed by atoms with Crippen LogP contribution in [0.15, 0.2) is 60.7 Å². The van der Waals surface area contributed by atoms with Crippen molar-refractivity contribution in [2.45, 2.75) is 6.92 Å². The summed E-state index contributed by atoms with van der Waals surface area (Å²) in [6, 6.07) is 18.9. The third-order valence-corrected chi connectivity index (χ3v) is 5.58. The highest BCUT2D eigenvalue weighted by Gasteiger charge is 2.18. The Labute approximate surface area is 165 Å². The molecule has 27 heavy (non-hydrogen) atoms. The lowest BCUT2D eigenvalue weighted by molar-refractivity contribution is 0.103. The molecule has 0 saturated heterocycles. The highest BCUT2D eigenvalue weighted by molar-refractivity contribution is 7.21. The van der Waals surface area contributed by atoms with Gasteiger partial charge in [-0.3, -0.25) is 4.79 Å². The molecule has 2 aromatic carbocycles. The first-order valence-corrected chi connectivity index (χ1v) is 9.54. The van der Waals surface area contributed by atoms with Crippen LogP contribution < -0.4 is 11.1 Å². The Hall–Kier alpha value is -2.89. The molecule has 3 N–H and O–H groups in total. The molecule has 4 nitrogen and oxygen atoms in total. The second kappa shape index (κ2) is 7.02. The number of nitrogen functional groups attached to an aromatic ring is 1. The summed E-state index contributed by atoms with van der Waals surface area (Å²) in [4.78, 5) is 18.6. The summed E-state index contributed by atoms with van der Waals surface area (Å²) in [5.41, 5.74) is 10.3. The van der Waals surface area contributed by atoms with Gasteiger partial charge in [0.25, 0.3) is 5.91 Å². The predicted molar refractivity (Wildman–Crippen MR) is 114 cm³/mol. The largest absolute Gasteiger partial charge is 0.397 e. The maximum absolute atomic E-state index is 12.7. The van der Waals surface area contributed by atoms with E-state index in [1.54, 1.807) is 0 Å². The van der Waals surface area contributed by atoms with Crippen LogP contribution in [0.5, 0.6) is 0 Å². The summed E-state index contributed by atoms with van der Waals surface area (Å²) in [6.45, 7) is 1.98. The molecule has 6 heteroatoms. The maximum atomic E-state index is 12.7. The molecule has 0 aliphatic rings. The Morgan fingerprint density at radius 2 is 1.89 bits per heavy atom. The van der Waals surface area contributed by atoms with Gasteiger partial charge in [0.2, 0.25) is 0 Å². The molecular weight excluding hydrogens is 378 g/mol. The van der Waals surface area contributed by atoms with Gasteiger partial charge in [0.15, 0.2) is 0 Å². The number of hydrogen-bond acceptors (Lipinski definition) is 4. The lowest BCUT2D eigenvalue weighted by Crippen LogP contribution is -2.11. The normalized spacial score (nSPS) is 10.9. The molecule has 0 saturated carbocycles. The summed E-state index contributed by atoms with van der Waals surface area (Å²) in [5.74, 6) is -0.228. The molecule has 0 fully saturated rings. The van der Waals surface area contributed by atoms with Crippen LogP contribution in [0.25, 0.3) is 21.5 Å². The number of nitrogens with zero attached hydrogens (tertiary/aromatic N) is 1. The van der Waals surface area contributed by atoms with E-state index in [1.807, 2.05) is 67.6 Å². The van der Waals surface area contributed by atoms with Crippen LogP contribution in [0, 0.1) is 6.92 Å². The first kappa shape index (κ1) is 17.5. The predicted octanol–water partition coefficient (Wildman–Crippen LogP) is 5.76. The maximum Gasteiger partial charge on any atom is 0.267 e. The number of thiophene rings is 1. The van der Waals surface area contributed by atoms with Crippen molar-refractivity contribution >= 4 is 50.4 Å². The van der Waals surface area contributed by atoms with E-state index in [0.717, 1.165) is 32.7 Å². The fraction of sp³-hybridized carbons (Fsp3) is 0.0476. The third kappa shape index (κ3) is 3.52. The van der Waals surface area contributed by atoms with Gasteiger partial charge in [0.1, 0.15) is 9.71 Å². The number of hydrogen-bond donors (Lipinski definition) is 2. The first-order chi connectivity index (χ1) is 13.0. The molecule has 0 unspecified atom stereocenters. The SMILES string of the molecule is Cc1cccc(NC(=O)c2sc3nc(-c4ccc(Cl)cc4)ccc3c2N)c1. The van der Waals surface area contributed by atoms with Crippen LogP contribution in [0.3, 0.4) is 0 Å². The lowest BCUT2D eigenvalue weighted by atomic mass is 10.1.